The zero-order valence-corrected chi connectivity index (χ0v) is 8.64. The smallest absolute Gasteiger partial charge is 0.163 e. The lowest BCUT2D eigenvalue weighted by Gasteiger charge is -2.24. The van der Waals surface area contributed by atoms with E-state index in [1.54, 1.807) is 6.08 Å². The van der Waals surface area contributed by atoms with E-state index < -0.39 is 11.9 Å². The Balaban J connectivity index is 2.59. The molecule has 0 saturated carbocycles. The Labute approximate surface area is 84.1 Å². The summed E-state index contributed by atoms with van der Waals surface area (Å²) in [4.78, 5) is 0. The third-order valence-electron chi connectivity index (χ3n) is 2.36. The minimum Gasteiger partial charge on any atom is -0.394 e. The van der Waals surface area contributed by atoms with Gasteiger partial charge in [0, 0.05) is 5.92 Å². The number of rotatable bonds is 4. The quantitative estimate of drug-likeness (QED) is 0.643. The highest BCUT2D eigenvalue weighted by Crippen LogP contribution is 2.28. The van der Waals surface area contributed by atoms with Gasteiger partial charge in [-0.3, -0.25) is 0 Å². The van der Waals surface area contributed by atoms with Gasteiger partial charge in [0.2, 0.25) is 0 Å². The van der Waals surface area contributed by atoms with Crippen molar-refractivity contribution in [2.45, 2.75) is 31.8 Å². The summed E-state index contributed by atoms with van der Waals surface area (Å²) in [6.07, 6.45) is 0.524. The van der Waals surface area contributed by atoms with E-state index >= 15 is 0 Å². The molecule has 1 saturated heterocycles. The summed E-state index contributed by atoms with van der Waals surface area (Å²) >= 11 is 0. The summed E-state index contributed by atoms with van der Waals surface area (Å²) in [6.45, 7) is 7.37. The van der Waals surface area contributed by atoms with E-state index in [0.717, 1.165) is 0 Å². The second-order valence-corrected chi connectivity index (χ2v) is 3.93. The van der Waals surface area contributed by atoms with Crippen LogP contribution in [0.25, 0.3) is 0 Å². The highest BCUT2D eigenvalue weighted by molar-refractivity contribution is 4.93. The third-order valence-corrected chi connectivity index (χ3v) is 2.36. The lowest BCUT2D eigenvalue weighted by molar-refractivity contribution is -0.147. The first kappa shape index (κ1) is 11.7. The van der Waals surface area contributed by atoms with Crippen molar-refractivity contribution in [2.24, 2.45) is 5.92 Å². The lowest BCUT2D eigenvalue weighted by atomic mass is 9.97. The second-order valence-electron chi connectivity index (χ2n) is 3.93. The molecule has 3 atom stereocenters. The molecule has 0 aromatic heterocycles. The fourth-order valence-electron chi connectivity index (χ4n) is 1.58. The SMILES string of the molecule is C=C[C@H]([C@@H](O)CO)[C@H]1COC(C)(C)O1. The van der Waals surface area contributed by atoms with E-state index in [4.69, 9.17) is 14.6 Å². The molecule has 0 spiro atoms. The van der Waals surface area contributed by atoms with Gasteiger partial charge in [-0.05, 0) is 13.8 Å². The van der Waals surface area contributed by atoms with Crippen LogP contribution >= 0.6 is 0 Å². The summed E-state index contributed by atoms with van der Waals surface area (Å²) < 4.78 is 10.9. The van der Waals surface area contributed by atoms with Crippen LogP contribution in [0.5, 0.6) is 0 Å². The van der Waals surface area contributed by atoms with Crippen LogP contribution in [0, 0.1) is 5.92 Å². The maximum atomic E-state index is 9.49. The van der Waals surface area contributed by atoms with Crippen LogP contribution in [0.1, 0.15) is 13.8 Å². The first-order valence-corrected chi connectivity index (χ1v) is 4.73. The highest BCUT2D eigenvalue weighted by Gasteiger charge is 2.38. The van der Waals surface area contributed by atoms with E-state index in [2.05, 4.69) is 6.58 Å². The standard InChI is InChI=1S/C10H18O4/c1-4-7(8(12)5-11)9-6-13-10(2,3)14-9/h4,7-9,11-12H,1,5-6H2,2-3H3/t7-,8+,9-/m1/s1. The molecule has 1 heterocycles. The zero-order valence-electron chi connectivity index (χ0n) is 8.64. The molecule has 1 aliphatic rings. The molecule has 14 heavy (non-hydrogen) atoms. The molecule has 1 aliphatic heterocycles. The van der Waals surface area contributed by atoms with Crippen molar-refractivity contribution in [2.75, 3.05) is 13.2 Å². The van der Waals surface area contributed by atoms with Gasteiger partial charge in [-0.25, -0.2) is 0 Å². The number of hydrogen-bond donors (Lipinski definition) is 2. The van der Waals surface area contributed by atoms with Gasteiger partial charge in [-0.15, -0.1) is 6.58 Å². The summed E-state index contributed by atoms with van der Waals surface area (Å²) in [5.41, 5.74) is 0. The number of aliphatic hydroxyl groups is 2. The molecule has 0 amide bonds. The van der Waals surface area contributed by atoms with Crippen LogP contribution in [0.4, 0.5) is 0 Å². The van der Waals surface area contributed by atoms with Crippen LogP contribution in [0.2, 0.25) is 0 Å². The van der Waals surface area contributed by atoms with Crippen molar-refractivity contribution in [3.05, 3.63) is 12.7 Å². The Morgan fingerprint density at radius 3 is 2.64 bits per heavy atom. The van der Waals surface area contributed by atoms with Crippen molar-refractivity contribution in [3.63, 3.8) is 0 Å². The van der Waals surface area contributed by atoms with Crippen LogP contribution in [0.3, 0.4) is 0 Å². The molecule has 0 aromatic rings. The minimum atomic E-state index is -0.838. The number of ether oxygens (including phenoxy) is 2. The van der Waals surface area contributed by atoms with Gasteiger partial charge in [0.05, 0.1) is 25.4 Å². The Morgan fingerprint density at radius 2 is 2.29 bits per heavy atom. The van der Waals surface area contributed by atoms with Crippen molar-refractivity contribution < 1.29 is 19.7 Å². The summed E-state index contributed by atoms with van der Waals surface area (Å²) in [7, 11) is 0. The molecule has 0 unspecified atom stereocenters. The van der Waals surface area contributed by atoms with Gasteiger partial charge in [-0.1, -0.05) is 6.08 Å². The molecular formula is C10H18O4. The fraction of sp³-hybridized carbons (Fsp3) is 0.800. The van der Waals surface area contributed by atoms with Crippen LogP contribution in [-0.4, -0.2) is 41.4 Å². The molecule has 1 fully saturated rings. The average Bonchev–Trinajstić information content (AvgIpc) is 2.47. The number of hydrogen-bond acceptors (Lipinski definition) is 4. The molecule has 0 bridgehead atoms. The molecule has 4 heteroatoms. The molecule has 2 N–H and O–H groups in total. The molecule has 4 nitrogen and oxygen atoms in total. The molecule has 1 rings (SSSR count). The zero-order chi connectivity index (χ0) is 10.8. The van der Waals surface area contributed by atoms with Gasteiger partial charge in [0.25, 0.3) is 0 Å². The Morgan fingerprint density at radius 1 is 1.64 bits per heavy atom. The molecule has 0 radical (unpaired) electrons. The normalized spacial score (nSPS) is 29.9. The van der Waals surface area contributed by atoms with Crippen molar-refractivity contribution in [3.8, 4) is 0 Å². The van der Waals surface area contributed by atoms with Crippen molar-refractivity contribution >= 4 is 0 Å². The fourth-order valence-corrected chi connectivity index (χ4v) is 1.58. The van der Waals surface area contributed by atoms with E-state index in [1.165, 1.54) is 0 Å². The molecule has 0 aromatic carbocycles. The Hall–Kier alpha value is -0.420. The maximum absolute atomic E-state index is 9.49. The largest absolute Gasteiger partial charge is 0.394 e. The first-order chi connectivity index (χ1) is 6.50. The van der Waals surface area contributed by atoms with Gasteiger partial charge in [-0.2, -0.15) is 0 Å². The highest BCUT2D eigenvalue weighted by atomic mass is 16.7. The Bertz CT molecular complexity index is 202. The van der Waals surface area contributed by atoms with Crippen LogP contribution < -0.4 is 0 Å². The number of aliphatic hydroxyl groups excluding tert-OH is 2. The predicted molar refractivity (Wildman–Crippen MR) is 51.7 cm³/mol. The van der Waals surface area contributed by atoms with Crippen molar-refractivity contribution in [1.29, 1.82) is 0 Å². The molecule has 0 aliphatic carbocycles. The van der Waals surface area contributed by atoms with E-state index in [0.29, 0.717) is 6.61 Å². The van der Waals surface area contributed by atoms with E-state index in [-0.39, 0.29) is 18.6 Å². The van der Waals surface area contributed by atoms with Gasteiger partial charge < -0.3 is 19.7 Å². The van der Waals surface area contributed by atoms with E-state index in [9.17, 15) is 5.11 Å². The monoisotopic (exact) mass is 202 g/mol. The maximum Gasteiger partial charge on any atom is 0.163 e. The summed E-state index contributed by atoms with van der Waals surface area (Å²) in [6, 6.07) is 0. The second kappa shape index (κ2) is 4.40. The lowest BCUT2D eigenvalue weighted by Crippen LogP contribution is -2.35. The molecule has 82 valence electrons. The van der Waals surface area contributed by atoms with Crippen LogP contribution in [0.15, 0.2) is 12.7 Å². The van der Waals surface area contributed by atoms with Gasteiger partial charge in [0.1, 0.15) is 0 Å². The topological polar surface area (TPSA) is 58.9 Å². The van der Waals surface area contributed by atoms with Gasteiger partial charge in [0.15, 0.2) is 5.79 Å². The van der Waals surface area contributed by atoms with E-state index in [1.807, 2.05) is 13.8 Å². The predicted octanol–water partition coefficient (Wildman–Crippen LogP) is 0.293. The Kier molecular flexibility index (Phi) is 3.66. The summed E-state index contributed by atoms with van der Waals surface area (Å²) in [5.74, 6) is -0.900. The van der Waals surface area contributed by atoms with Crippen LogP contribution in [-0.2, 0) is 9.47 Å². The average molecular weight is 202 g/mol. The summed E-state index contributed by atoms with van der Waals surface area (Å²) in [5, 5.41) is 18.3. The van der Waals surface area contributed by atoms with Crippen molar-refractivity contribution in [1.82, 2.24) is 0 Å². The first-order valence-electron chi connectivity index (χ1n) is 4.73. The third kappa shape index (κ3) is 2.54. The molecular weight excluding hydrogens is 184 g/mol. The minimum absolute atomic E-state index is 0.232. The van der Waals surface area contributed by atoms with Gasteiger partial charge >= 0.3 is 0 Å².